The minimum absolute atomic E-state index is 0.0475. The van der Waals surface area contributed by atoms with Crippen molar-refractivity contribution in [1.29, 1.82) is 0 Å². The zero-order valence-corrected chi connectivity index (χ0v) is 10.3. The van der Waals surface area contributed by atoms with Gasteiger partial charge < -0.3 is 4.90 Å². The van der Waals surface area contributed by atoms with E-state index in [1.807, 2.05) is 0 Å². The second-order valence-electron chi connectivity index (χ2n) is 4.53. The van der Waals surface area contributed by atoms with Gasteiger partial charge in [0.1, 0.15) is 0 Å². The largest absolute Gasteiger partial charge is 0.332 e. The van der Waals surface area contributed by atoms with Gasteiger partial charge in [0.2, 0.25) is 5.95 Å². The number of rotatable bonds is 4. The predicted molar refractivity (Wildman–Crippen MR) is 67.7 cm³/mol. The van der Waals surface area contributed by atoms with Crippen LogP contribution in [0.4, 0.5) is 4.39 Å². The summed E-state index contributed by atoms with van der Waals surface area (Å²) < 4.78 is 13.5. The molecule has 0 bridgehead atoms. The number of nitrogens with zero attached hydrogens (tertiary/aromatic N) is 2. The third kappa shape index (κ3) is 2.58. The standard InChI is InChI=1S/C14H17FN2O/c1-2-10-17(11-6-3-4-7-11)14(18)12-8-5-9-16-13(12)15/h2,5,8-9,11H,1,3-4,6-7,10H2. The summed E-state index contributed by atoms with van der Waals surface area (Å²) in [5, 5.41) is 0. The monoisotopic (exact) mass is 248 g/mol. The Hall–Kier alpha value is -1.71. The first-order valence-corrected chi connectivity index (χ1v) is 6.26. The summed E-state index contributed by atoms with van der Waals surface area (Å²) in [6.07, 6.45) is 7.26. The molecule has 0 unspecified atom stereocenters. The highest BCUT2D eigenvalue weighted by Crippen LogP contribution is 2.25. The number of carbonyl (C=O) groups excluding carboxylic acids is 1. The molecule has 0 atom stereocenters. The van der Waals surface area contributed by atoms with E-state index in [1.54, 1.807) is 17.0 Å². The normalized spacial score (nSPS) is 15.6. The van der Waals surface area contributed by atoms with Crippen LogP contribution in [0.15, 0.2) is 31.0 Å². The topological polar surface area (TPSA) is 33.2 Å². The van der Waals surface area contributed by atoms with Crippen LogP contribution < -0.4 is 0 Å². The van der Waals surface area contributed by atoms with Crippen LogP contribution in [0.1, 0.15) is 36.0 Å². The van der Waals surface area contributed by atoms with Gasteiger partial charge in [-0.1, -0.05) is 18.9 Å². The Morgan fingerprint density at radius 1 is 1.56 bits per heavy atom. The molecule has 0 aromatic carbocycles. The summed E-state index contributed by atoms with van der Waals surface area (Å²) in [6.45, 7) is 4.12. The lowest BCUT2D eigenvalue weighted by atomic mass is 10.1. The van der Waals surface area contributed by atoms with Crippen LogP contribution >= 0.6 is 0 Å². The highest BCUT2D eigenvalue weighted by molar-refractivity contribution is 5.94. The fourth-order valence-electron chi connectivity index (χ4n) is 2.45. The molecule has 1 aliphatic carbocycles. The Bertz CT molecular complexity index is 441. The maximum atomic E-state index is 13.5. The van der Waals surface area contributed by atoms with Crippen LogP contribution in [-0.2, 0) is 0 Å². The number of aromatic nitrogens is 1. The molecule has 1 heterocycles. The number of pyridine rings is 1. The van der Waals surface area contributed by atoms with Gasteiger partial charge in [0.05, 0.1) is 5.56 Å². The molecule has 0 N–H and O–H groups in total. The molecule has 0 saturated heterocycles. The zero-order valence-electron chi connectivity index (χ0n) is 10.3. The average Bonchev–Trinajstić information content (AvgIpc) is 2.89. The van der Waals surface area contributed by atoms with Gasteiger partial charge >= 0.3 is 0 Å². The Morgan fingerprint density at radius 2 is 2.28 bits per heavy atom. The van der Waals surface area contributed by atoms with Crippen molar-refractivity contribution in [1.82, 2.24) is 9.88 Å². The zero-order chi connectivity index (χ0) is 13.0. The van der Waals surface area contributed by atoms with Crippen molar-refractivity contribution in [2.24, 2.45) is 0 Å². The molecule has 18 heavy (non-hydrogen) atoms. The maximum absolute atomic E-state index is 13.5. The number of carbonyl (C=O) groups is 1. The van der Waals surface area contributed by atoms with E-state index in [1.165, 1.54) is 12.3 Å². The van der Waals surface area contributed by atoms with Gasteiger partial charge in [0, 0.05) is 18.8 Å². The Labute approximate surface area is 106 Å². The second-order valence-corrected chi connectivity index (χ2v) is 4.53. The van der Waals surface area contributed by atoms with Crippen molar-refractivity contribution in [3.8, 4) is 0 Å². The van der Waals surface area contributed by atoms with Gasteiger partial charge in [0.25, 0.3) is 5.91 Å². The van der Waals surface area contributed by atoms with Gasteiger partial charge in [-0.2, -0.15) is 4.39 Å². The van der Waals surface area contributed by atoms with Gasteiger partial charge in [-0.15, -0.1) is 6.58 Å². The summed E-state index contributed by atoms with van der Waals surface area (Å²) >= 11 is 0. The highest BCUT2D eigenvalue weighted by atomic mass is 19.1. The molecular formula is C14H17FN2O. The Balaban J connectivity index is 2.22. The first-order chi connectivity index (χ1) is 8.74. The van der Waals surface area contributed by atoms with Crippen molar-refractivity contribution in [2.45, 2.75) is 31.7 Å². The van der Waals surface area contributed by atoms with Gasteiger partial charge in [-0.3, -0.25) is 4.79 Å². The molecule has 0 aliphatic heterocycles. The van der Waals surface area contributed by atoms with Gasteiger partial charge in [-0.05, 0) is 25.0 Å². The molecule has 1 aliphatic rings. The minimum atomic E-state index is -0.699. The first kappa shape index (κ1) is 12.7. The second kappa shape index (κ2) is 5.76. The highest BCUT2D eigenvalue weighted by Gasteiger charge is 2.28. The quantitative estimate of drug-likeness (QED) is 0.606. The molecule has 1 fully saturated rings. The van der Waals surface area contributed by atoms with Crippen LogP contribution in [0, 0.1) is 5.95 Å². The third-order valence-electron chi connectivity index (χ3n) is 3.34. The van der Waals surface area contributed by atoms with Crippen LogP contribution in [0.25, 0.3) is 0 Å². The van der Waals surface area contributed by atoms with E-state index in [4.69, 9.17) is 0 Å². The van der Waals surface area contributed by atoms with Crippen molar-refractivity contribution in [2.75, 3.05) is 6.54 Å². The molecule has 96 valence electrons. The molecule has 3 nitrogen and oxygen atoms in total. The fraction of sp³-hybridized carbons (Fsp3) is 0.429. The van der Waals surface area contributed by atoms with Gasteiger partial charge in [-0.25, -0.2) is 4.98 Å². The first-order valence-electron chi connectivity index (χ1n) is 6.26. The molecule has 4 heteroatoms. The van der Waals surface area contributed by atoms with Crippen molar-refractivity contribution in [3.05, 3.63) is 42.5 Å². The smallest absolute Gasteiger partial charge is 0.259 e. The summed E-state index contributed by atoms with van der Waals surface area (Å²) in [6, 6.07) is 3.27. The number of hydrogen-bond donors (Lipinski definition) is 0. The van der Waals surface area contributed by atoms with E-state index in [0.29, 0.717) is 6.54 Å². The molecular weight excluding hydrogens is 231 g/mol. The number of hydrogen-bond acceptors (Lipinski definition) is 2. The maximum Gasteiger partial charge on any atom is 0.259 e. The molecule has 1 saturated carbocycles. The van der Waals surface area contributed by atoms with E-state index in [-0.39, 0.29) is 17.5 Å². The van der Waals surface area contributed by atoms with E-state index in [2.05, 4.69) is 11.6 Å². The molecule has 2 rings (SSSR count). The lowest BCUT2D eigenvalue weighted by molar-refractivity contribution is 0.0700. The van der Waals surface area contributed by atoms with Crippen LogP contribution in [0.2, 0.25) is 0 Å². The van der Waals surface area contributed by atoms with E-state index in [0.717, 1.165) is 25.7 Å². The molecule has 0 radical (unpaired) electrons. The summed E-state index contributed by atoms with van der Waals surface area (Å²) in [5.41, 5.74) is 0.0475. The van der Waals surface area contributed by atoms with Crippen LogP contribution in [0.3, 0.4) is 0 Å². The lowest BCUT2D eigenvalue weighted by Gasteiger charge is -2.27. The SMILES string of the molecule is C=CCN(C(=O)c1cccnc1F)C1CCCC1. The lowest BCUT2D eigenvalue weighted by Crippen LogP contribution is -2.39. The number of amides is 1. The summed E-state index contributed by atoms with van der Waals surface area (Å²) in [7, 11) is 0. The minimum Gasteiger partial charge on any atom is -0.332 e. The molecule has 0 spiro atoms. The van der Waals surface area contributed by atoms with Crippen molar-refractivity contribution in [3.63, 3.8) is 0 Å². The Morgan fingerprint density at radius 3 is 2.89 bits per heavy atom. The average molecular weight is 248 g/mol. The predicted octanol–water partition coefficient (Wildman–Crippen LogP) is 2.79. The summed E-state index contributed by atoms with van der Waals surface area (Å²) in [5.74, 6) is -0.984. The van der Waals surface area contributed by atoms with E-state index < -0.39 is 5.95 Å². The summed E-state index contributed by atoms with van der Waals surface area (Å²) in [4.78, 5) is 17.6. The van der Waals surface area contributed by atoms with Crippen molar-refractivity contribution < 1.29 is 9.18 Å². The molecule has 1 aromatic rings. The van der Waals surface area contributed by atoms with Crippen molar-refractivity contribution >= 4 is 5.91 Å². The molecule has 1 aromatic heterocycles. The number of halogens is 1. The van der Waals surface area contributed by atoms with Crippen LogP contribution in [-0.4, -0.2) is 28.4 Å². The molecule has 1 amide bonds. The van der Waals surface area contributed by atoms with E-state index in [9.17, 15) is 9.18 Å². The van der Waals surface area contributed by atoms with Crippen LogP contribution in [0.5, 0.6) is 0 Å². The Kier molecular flexibility index (Phi) is 4.07. The van der Waals surface area contributed by atoms with E-state index >= 15 is 0 Å². The third-order valence-corrected chi connectivity index (χ3v) is 3.34. The van der Waals surface area contributed by atoms with Gasteiger partial charge in [0.15, 0.2) is 0 Å². The fourth-order valence-corrected chi connectivity index (χ4v) is 2.45.